The van der Waals surface area contributed by atoms with E-state index in [9.17, 15) is 0 Å². The molecule has 3 N–H and O–H groups in total. The molecule has 0 bridgehead atoms. The number of nitrogens with zero attached hydrogens (tertiary/aromatic N) is 3. The highest BCUT2D eigenvalue weighted by Gasteiger charge is 2.15. The molecule has 1 aromatic rings. The number of rotatable bonds is 4. The molecule has 0 amide bonds. The topological polar surface area (TPSA) is 84.0 Å². The Morgan fingerprint density at radius 1 is 1.18 bits per heavy atom. The van der Waals surface area contributed by atoms with Gasteiger partial charge < -0.3 is 20.7 Å². The van der Waals surface area contributed by atoms with Gasteiger partial charge in [-0.25, -0.2) is 0 Å². The molecule has 1 saturated heterocycles. The number of hydrogen-bond donors (Lipinski definition) is 3. The Bertz CT molecular complexity index is 344. The first-order valence-electron chi connectivity index (χ1n) is 5.77. The van der Waals surface area contributed by atoms with E-state index in [4.69, 9.17) is 4.74 Å². The molecule has 0 unspecified atom stereocenters. The van der Waals surface area contributed by atoms with E-state index in [1.807, 2.05) is 0 Å². The van der Waals surface area contributed by atoms with Crippen LogP contribution in [0.5, 0.6) is 6.01 Å². The van der Waals surface area contributed by atoms with Crippen LogP contribution >= 0.6 is 0 Å². The van der Waals surface area contributed by atoms with Gasteiger partial charge in [-0.1, -0.05) is 0 Å². The van der Waals surface area contributed by atoms with Crippen LogP contribution in [0.4, 0.5) is 11.9 Å². The van der Waals surface area contributed by atoms with Gasteiger partial charge in [0, 0.05) is 13.1 Å². The quantitative estimate of drug-likeness (QED) is 0.685. The third kappa shape index (κ3) is 3.16. The maximum absolute atomic E-state index is 5.03. The van der Waals surface area contributed by atoms with Crippen molar-refractivity contribution in [2.45, 2.75) is 18.9 Å². The van der Waals surface area contributed by atoms with E-state index in [1.165, 1.54) is 0 Å². The van der Waals surface area contributed by atoms with Gasteiger partial charge in [-0.3, -0.25) is 0 Å². The van der Waals surface area contributed by atoms with Gasteiger partial charge in [0.15, 0.2) is 0 Å². The number of aromatic nitrogens is 3. The van der Waals surface area contributed by atoms with Crippen molar-refractivity contribution in [3.8, 4) is 6.01 Å². The Labute approximate surface area is 100 Å². The summed E-state index contributed by atoms with van der Waals surface area (Å²) in [6.07, 6.45) is 2.14. The van der Waals surface area contributed by atoms with Crippen LogP contribution in [0.2, 0.25) is 0 Å². The van der Waals surface area contributed by atoms with Gasteiger partial charge in [0.25, 0.3) is 0 Å². The fraction of sp³-hybridized carbons (Fsp3) is 0.700. The average molecular weight is 238 g/mol. The molecule has 0 aromatic carbocycles. The summed E-state index contributed by atoms with van der Waals surface area (Å²) in [5.74, 6) is 1.07. The molecule has 0 atom stereocenters. The number of anilines is 2. The molecule has 2 heterocycles. The van der Waals surface area contributed by atoms with Crippen LogP contribution in [0.25, 0.3) is 0 Å². The zero-order valence-corrected chi connectivity index (χ0v) is 10.2. The van der Waals surface area contributed by atoms with Crippen molar-refractivity contribution >= 4 is 11.9 Å². The molecule has 7 heteroatoms. The zero-order chi connectivity index (χ0) is 12.1. The largest absolute Gasteiger partial charge is 0.467 e. The summed E-state index contributed by atoms with van der Waals surface area (Å²) in [6, 6.07) is 0.730. The molecule has 17 heavy (non-hydrogen) atoms. The summed E-state index contributed by atoms with van der Waals surface area (Å²) in [6.45, 7) is 2.05. The molecular weight excluding hydrogens is 220 g/mol. The minimum absolute atomic E-state index is 0.320. The summed E-state index contributed by atoms with van der Waals surface area (Å²) < 4.78 is 5.03. The maximum Gasteiger partial charge on any atom is 0.322 e. The molecule has 94 valence electrons. The van der Waals surface area contributed by atoms with Gasteiger partial charge in [-0.05, 0) is 25.9 Å². The molecule has 2 rings (SSSR count). The lowest BCUT2D eigenvalue weighted by atomic mass is 10.1. The first kappa shape index (κ1) is 11.8. The second-order valence-corrected chi connectivity index (χ2v) is 3.89. The predicted molar refractivity (Wildman–Crippen MR) is 65.4 cm³/mol. The number of methoxy groups -OCH3 is 1. The van der Waals surface area contributed by atoms with Crippen LogP contribution in [0.1, 0.15) is 12.8 Å². The van der Waals surface area contributed by atoms with Gasteiger partial charge >= 0.3 is 6.01 Å². The highest BCUT2D eigenvalue weighted by atomic mass is 16.5. The Hall–Kier alpha value is -1.63. The van der Waals surface area contributed by atoms with Crippen LogP contribution in [0.3, 0.4) is 0 Å². The van der Waals surface area contributed by atoms with Crippen LogP contribution < -0.4 is 20.7 Å². The molecule has 1 aliphatic rings. The minimum atomic E-state index is 0.320. The van der Waals surface area contributed by atoms with Crippen molar-refractivity contribution < 1.29 is 4.74 Å². The van der Waals surface area contributed by atoms with Crippen LogP contribution in [-0.2, 0) is 0 Å². The lowest BCUT2D eigenvalue weighted by molar-refractivity contribution is 0.379. The van der Waals surface area contributed by atoms with Crippen LogP contribution in [0, 0.1) is 0 Å². The summed E-state index contributed by atoms with van der Waals surface area (Å²) in [4.78, 5) is 12.5. The SMILES string of the molecule is CNc1nc(NC2CCNCC2)nc(OC)n1. The number of hydrogen-bond acceptors (Lipinski definition) is 7. The van der Waals surface area contributed by atoms with Gasteiger partial charge in [0.1, 0.15) is 0 Å². The maximum atomic E-state index is 5.03. The number of piperidine rings is 1. The Kier molecular flexibility index (Phi) is 3.92. The Morgan fingerprint density at radius 3 is 2.53 bits per heavy atom. The normalized spacial score (nSPS) is 16.6. The standard InChI is InChI=1S/C10H18N6O/c1-11-8-14-9(16-10(15-8)17-2)13-7-3-5-12-6-4-7/h7,12H,3-6H2,1-2H3,(H2,11,13,14,15,16). The molecule has 1 aliphatic heterocycles. The second kappa shape index (κ2) is 5.62. The van der Waals surface area contributed by atoms with E-state index in [0.29, 0.717) is 23.9 Å². The lowest BCUT2D eigenvalue weighted by Crippen LogP contribution is -2.35. The first-order valence-corrected chi connectivity index (χ1v) is 5.77. The van der Waals surface area contributed by atoms with E-state index in [1.54, 1.807) is 14.2 Å². The van der Waals surface area contributed by atoms with E-state index in [2.05, 4.69) is 30.9 Å². The van der Waals surface area contributed by atoms with Crippen LogP contribution in [0.15, 0.2) is 0 Å². The highest BCUT2D eigenvalue weighted by molar-refractivity contribution is 5.36. The number of ether oxygens (including phenoxy) is 1. The van der Waals surface area contributed by atoms with Crippen molar-refractivity contribution in [3.63, 3.8) is 0 Å². The van der Waals surface area contributed by atoms with E-state index < -0.39 is 0 Å². The molecule has 0 spiro atoms. The second-order valence-electron chi connectivity index (χ2n) is 3.89. The zero-order valence-electron chi connectivity index (χ0n) is 10.2. The fourth-order valence-corrected chi connectivity index (χ4v) is 1.77. The third-order valence-electron chi connectivity index (χ3n) is 2.69. The smallest absolute Gasteiger partial charge is 0.322 e. The van der Waals surface area contributed by atoms with Gasteiger partial charge in [-0.15, -0.1) is 0 Å². The molecule has 0 aliphatic carbocycles. The highest BCUT2D eigenvalue weighted by Crippen LogP contribution is 2.13. The Balaban J connectivity index is 2.07. The monoisotopic (exact) mass is 238 g/mol. The average Bonchev–Trinajstić information content (AvgIpc) is 2.39. The van der Waals surface area contributed by atoms with Gasteiger partial charge in [0.05, 0.1) is 7.11 Å². The van der Waals surface area contributed by atoms with E-state index in [-0.39, 0.29) is 0 Å². The van der Waals surface area contributed by atoms with Crippen molar-refractivity contribution in [3.05, 3.63) is 0 Å². The Morgan fingerprint density at radius 2 is 1.88 bits per heavy atom. The van der Waals surface area contributed by atoms with Gasteiger partial charge in [-0.2, -0.15) is 15.0 Å². The van der Waals surface area contributed by atoms with E-state index in [0.717, 1.165) is 25.9 Å². The minimum Gasteiger partial charge on any atom is -0.467 e. The van der Waals surface area contributed by atoms with Crippen molar-refractivity contribution in [2.24, 2.45) is 0 Å². The summed E-state index contributed by atoms with van der Waals surface area (Å²) >= 11 is 0. The summed E-state index contributed by atoms with van der Waals surface area (Å²) in [5.41, 5.74) is 0. The number of nitrogens with one attached hydrogen (secondary N) is 3. The molecule has 0 radical (unpaired) electrons. The summed E-state index contributed by atoms with van der Waals surface area (Å²) in [5, 5.41) is 9.51. The molecule has 1 fully saturated rings. The van der Waals surface area contributed by atoms with Crippen LogP contribution in [-0.4, -0.2) is 48.2 Å². The predicted octanol–water partition coefficient (Wildman–Crippen LogP) is 0.0858. The lowest BCUT2D eigenvalue weighted by Gasteiger charge is -2.23. The van der Waals surface area contributed by atoms with E-state index >= 15 is 0 Å². The molecule has 7 nitrogen and oxygen atoms in total. The van der Waals surface area contributed by atoms with Crippen molar-refractivity contribution in [1.82, 2.24) is 20.3 Å². The fourth-order valence-electron chi connectivity index (χ4n) is 1.77. The van der Waals surface area contributed by atoms with Gasteiger partial charge in [0.2, 0.25) is 11.9 Å². The van der Waals surface area contributed by atoms with Crippen molar-refractivity contribution in [2.75, 3.05) is 37.9 Å². The third-order valence-corrected chi connectivity index (χ3v) is 2.69. The molecular formula is C10H18N6O. The van der Waals surface area contributed by atoms with Crippen molar-refractivity contribution in [1.29, 1.82) is 0 Å². The molecule has 0 saturated carbocycles. The summed E-state index contributed by atoms with van der Waals surface area (Å²) in [7, 11) is 3.31. The molecule has 1 aromatic heterocycles. The first-order chi connectivity index (χ1) is 8.31.